The van der Waals surface area contributed by atoms with Gasteiger partial charge >= 0.3 is 6.09 Å². The van der Waals surface area contributed by atoms with Crippen molar-refractivity contribution in [2.75, 3.05) is 6.61 Å². The summed E-state index contributed by atoms with van der Waals surface area (Å²) in [4.78, 5) is 19.3. The highest BCUT2D eigenvalue weighted by atomic mass is 16.6. The monoisotopic (exact) mass is 283 g/mol. The second-order valence-corrected chi connectivity index (χ2v) is 5.64. The molecule has 0 fully saturated rings. The third kappa shape index (κ3) is 4.52. The van der Waals surface area contributed by atoms with Crippen LogP contribution in [0.15, 0.2) is 0 Å². The maximum absolute atomic E-state index is 11.7. The first-order valence-corrected chi connectivity index (χ1v) is 6.98. The van der Waals surface area contributed by atoms with Crippen molar-refractivity contribution < 1.29 is 14.6 Å². The molecule has 20 heavy (non-hydrogen) atoms. The lowest BCUT2D eigenvalue weighted by atomic mass is 10.2. The molecule has 3 N–H and O–H groups in total. The summed E-state index contributed by atoms with van der Waals surface area (Å²) >= 11 is 0. The molecule has 0 radical (unpaired) electrons. The second kappa shape index (κ2) is 6.74. The number of amides is 1. The molecule has 1 heterocycles. The van der Waals surface area contributed by atoms with Gasteiger partial charge in [0.15, 0.2) is 0 Å². The molecule has 0 aliphatic carbocycles. The van der Waals surface area contributed by atoms with Gasteiger partial charge in [-0.15, -0.1) is 0 Å². The van der Waals surface area contributed by atoms with Crippen LogP contribution in [0.3, 0.4) is 0 Å². The Hall–Kier alpha value is -1.56. The van der Waals surface area contributed by atoms with Crippen molar-refractivity contribution in [1.82, 2.24) is 15.3 Å². The van der Waals surface area contributed by atoms with Gasteiger partial charge in [0.2, 0.25) is 0 Å². The number of carbonyl (C=O) groups is 1. The summed E-state index contributed by atoms with van der Waals surface area (Å²) in [7, 11) is 0. The number of hydrogen-bond donors (Lipinski definition) is 3. The minimum atomic E-state index is -0.588. The number of imidazole rings is 1. The second-order valence-electron chi connectivity index (χ2n) is 5.64. The Morgan fingerprint density at radius 3 is 2.45 bits per heavy atom. The molecule has 1 rings (SSSR count). The topological polar surface area (TPSA) is 87.2 Å². The first-order chi connectivity index (χ1) is 9.30. The molecule has 1 aromatic heterocycles. The average molecular weight is 283 g/mol. The zero-order valence-corrected chi connectivity index (χ0v) is 12.9. The highest BCUT2D eigenvalue weighted by Crippen LogP contribution is 2.15. The number of nitrogens with one attached hydrogen (secondary N) is 2. The average Bonchev–Trinajstić information content (AvgIpc) is 2.76. The molecule has 114 valence electrons. The Morgan fingerprint density at radius 1 is 1.40 bits per heavy atom. The number of alkyl carbamates (subject to hydrolysis) is 1. The largest absolute Gasteiger partial charge is 0.444 e. The molecule has 0 spiro atoms. The Morgan fingerprint density at radius 2 is 2.05 bits per heavy atom. The van der Waals surface area contributed by atoms with Crippen LogP contribution in [0.5, 0.6) is 0 Å². The molecule has 1 aromatic rings. The molecule has 0 aliphatic heterocycles. The van der Waals surface area contributed by atoms with E-state index in [0.29, 0.717) is 5.82 Å². The lowest BCUT2D eigenvalue weighted by Crippen LogP contribution is -2.36. The number of nitrogens with zero attached hydrogens (tertiary/aromatic N) is 1. The molecular formula is C14H25N3O3. The molecular weight excluding hydrogens is 258 g/mol. The third-order valence-corrected chi connectivity index (χ3v) is 2.77. The lowest BCUT2D eigenvalue weighted by Gasteiger charge is -2.22. The number of carbonyl (C=O) groups excluding carboxylic acids is 1. The fourth-order valence-electron chi connectivity index (χ4n) is 1.87. The summed E-state index contributed by atoms with van der Waals surface area (Å²) in [5, 5.41) is 12.1. The van der Waals surface area contributed by atoms with Gasteiger partial charge in [-0.3, -0.25) is 0 Å². The predicted octanol–water partition coefficient (Wildman–Crippen LogP) is 2.09. The van der Waals surface area contributed by atoms with Crippen molar-refractivity contribution in [2.45, 2.75) is 59.1 Å². The van der Waals surface area contributed by atoms with Crippen LogP contribution < -0.4 is 5.32 Å². The van der Waals surface area contributed by atoms with E-state index in [4.69, 9.17) is 4.74 Å². The summed E-state index contributed by atoms with van der Waals surface area (Å²) < 4.78 is 5.18. The van der Waals surface area contributed by atoms with Crippen LogP contribution in [0.1, 0.15) is 57.9 Å². The van der Waals surface area contributed by atoms with Gasteiger partial charge in [-0.2, -0.15) is 0 Å². The number of aromatic nitrogens is 2. The molecule has 0 aromatic carbocycles. The number of ether oxygens (including phenoxy) is 1. The summed E-state index contributed by atoms with van der Waals surface area (Å²) in [5.41, 5.74) is 1.43. The van der Waals surface area contributed by atoms with Crippen molar-refractivity contribution >= 4 is 6.09 Å². The van der Waals surface area contributed by atoms with Gasteiger partial charge in [-0.05, 0) is 33.6 Å². The van der Waals surface area contributed by atoms with E-state index >= 15 is 0 Å². The quantitative estimate of drug-likeness (QED) is 0.772. The number of aliphatic hydroxyl groups excluding tert-OH is 1. The number of aliphatic hydroxyl groups is 1. The van der Waals surface area contributed by atoms with Gasteiger partial charge < -0.3 is 20.1 Å². The number of rotatable bonds is 5. The van der Waals surface area contributed by atoms with Gasteiger partial charge in [-0.1, -0.05) is 13.8 Å². The van der Waals surface area contributed by atoms with E-state index in [1.54, 1.807) is 20.8 Å². The number of hydrogen-bond acceptors (Lipinski definition) is 4. The number of aromatic amines is 1. The number of aryl methyl sites for hydroxylation is 2. The lowest BCUT2D eigenvalue weighted by molar-refractivity contribution is 0.0478. The van der Waals surface area contributed by atoms with Gasteiger partial charge in [-0.25, -0.2) is 9.78 Å². The highest BCUT2D eigenvalue weighted by molar-refractivity contribution is 5.68. The van der Waals surface area contributed by atoms with Crippen molar-refractivity contribution in [3.8, 4) is 0 Å². The van der Waals surface area contributed by atoms with E-state index in [1.165, 1.54) is 0 Å². The zero-order valence-electron chi connectivity index (χ0n) is 12.9. The SMILES string of the molecule is CCc1nc(C(CO)NC(=O)OC(C)(C)C)[nH]c1CC. The Bertz CT molecular complexity index is 428. The van der Waals surface area contributed by atoms with Crippen LogP contribution >= 0.6 is 0 Å². The maximum atomic E-state index is 11.7. The summed E-state index contributed by atoms with van der Waals surface area (Å²) in [6, 6.07) is -0.588. The normalized spacial score (nSPS) is 13.1. The Kier molecular flexibility index (Phi) is 5.56. The van der Waals surface area contributed by atoms with Crippen LogP contribution in [0.2, 0.25) is 0 Å². The number of H-pyrrole nitrogens is 1. The molecule has 0 saturated heterocycles. The van der Waals surface area contributed by atoms with E-state index in [0.717, 1.165) is 24.2 Å². The van der Waals surface area contributed by atoms with E-state index < -0.39 is 17.7 Å². The van der Waals surface area contributed by atoms with Gasteiger partial charge in [0, 0.05) is 5.69 Å². The summed E-state index contributed by atoms with van der Waals surface area (Å²) in [6.07, 6.45) is 1.08. The summed E-state index contributed by atoms with van der Waals surface area (Å²) in [5.74, 6) is 0.562. The van der Waals surface area contributed by atoms with Crippen LogP contribution in [0.25, 0.3) is 0 Å². The van der Waals surface area contributed by atoms with Crippen LogP contribution in [-0.2, 0) is 17.6 Å². The van der Waals surface area contributed by atoms with E-state index in [2.05, 4.69) is 15.3 Å². The Balaban J connectivity index is 2.80. The van der Waals surface area contributed by atoms with Crippen molar-refractivity contribution in [3.05, 3.63) is 17.2 Å². The molecule has 0 saturated carbocycles. The molecule has 6 nitrogen and oxygen atoms in total. The summed E-state index contributed by atoms with van der Waals surface area (Å²) in [6.45, 7) is 9.19. The van der Waals surface area contributed by atoms with E-state index in [1.807, 2.05) is 13.8 Å². The molecule has 1 unspecified atom stereocenters. The van der Waals surface area contributed by atoms with Crippen LogP contribution in [0.4, 0.5) is 4.79 Å². The van der Waals surface area contributed by atoms with Gasteiger partial charge in [0.05, 0.1) is 12.3 Å². The van der Waals surface area contributed by atoms with Crippen LogP contribution in [-0.4, -0.2) is 33.4 Å². The minimum Gasteiger partial charge on any atom is -0.444 e. The first-order valence-electron chi connectivity index (χ1n) is 6.98. The molecule has 1 atom stereocenters. The molecule has 0 bridgehead atoms. The Labute approximate surface area is 119 Å². The molecule has 1 amide bonds. The van der Waals surface area contributed by atoms with Crippen molar-refractivity contribution in [3.63, 3.8) is 0 Å². The van der Waals surface area contributed by atoms with Crippen molar-refractivity contribution in [2.24, 2.45) is 0 Å². The first kappa shape index (κ1) is 16.5. The third-order valence-electron chi connectivity index (χ3n) is 2.77. The van der Waals surface area contributed by atoms with E-state index in [9.17, 15) is 9.90 Å². The van der Waals surface area contributed by atoms with Crippen molar-refractivity contribution in [1.29, 1.82) is 0 Å². The smallest absolute Gasteiger partial charge is 0.408 e. The zero-order chi connectivity index (χ0) is 15.3. The minimum absolute atomic E-state index is 0.237. The highest BCUT2D eigenvalue weighted by Gasteiger charge is 2.22. The molecule has 6 heteroatoms. The predicted molar refractivity (Wildman–Crippen MR) is 76.5 cm³/mol. The fraction of sp³-hybridized carbons (Fsp3) is 0.714. The van der Waals surface area contributed by atoms with Gasteiger partial charge in [0.1, 0.15) is 17.5 Å². The van der Waals surface area contributed by atoms with Crippen LogP contribution in [0, 0.1) is 0 Å². The maximum Gasteiger partial charge on any atom is 0.408 e. The van der Waals surface area contributed by atoms with Gasteiger partial charge in [0.25, 0.3) is 0 Å². The van der Waals surface area contributed by atoms with E-state index in [-0.39, 0.29) is 6.61 Å². The standard InChI is InChI=1S/C14H25N3O3/c1-6-9-10(7-2)16-12(15-9)11(8-18)17-13(19)20-14(3,4)5/h11,18H,6-8H2,1-5H3,(H,15,16)(H,17,19). The molecule has 0 aliphatic rings. The fourth-order valence-corrected chi connectivity index (χ4v) is 1.87.